The topological polar surface area (TPSA) is 75.8 Å². The highest BCUT2D eigenvalue weighted by atomic mass is 32.1. The van der Waals surface area contributed by atoms with Gasteiger partial charge in [0.15, 0.2) is 4.77 Å². The Balaban J connectivity index is 2.45. The average molecular weight is 198 g/mol. The van der Waals surface area contributed by atoms with Gasteiger partial charge >= 0.3 is 0 Å². The van der Waals surface area contributed by atoms with E-state index in [1.54, 1.807) is 6.20 Å². The smallest absolute Gasteiger partial charge is 0.283 e. The molecule has 1 saturated carbocycles. The van der Waals surface area contributed by atoms with Crippen LogP contribution < -0.4 is 11.3 Å². The van der Waals surface area contributed by atoms with Crippen molar-refractivity contribution in [3.8, 4) is 0 Å². The molecule has 13 heavy (non-hydrogen) atoms. The van der Waals surface area contributed by atoms with Gasteiger partial charge in [-0.1, -0.05) is 0 Å². The molecule has 0 radical (unpaired) electrons. The Hall–Kier alpha value is -1.14. The molecular weight excluding hydrogens is 188 g/mol. The summed E-state index contributed by atoms with van der Waals surface area (Å²) in [6.07, 6.45) is 3.75. The molecule has 1 aromatic heterocycles. The molecule has 1 amide bonds. The number of aromatic nitrogens is 2. The van der Waals surface area contributed by atoms with E-state index in [1.165, 1.54) is 0 Å². The lowest BCUT2D eigenvalue weighted by Crippen LogP contribution is -2.31. The number of carbonyl (C=O) groups excluding carboxylic acids is 1. The van der Waals surface area contributed by atoms with Gasteiger partial charge in [0.2, 0.25) is 0 Å². The predicted molar refractivity (Wildman–Crippen MR) is 49.5 cm³/mol. The lowest BCUT2D eigenvalue weighted by atomic mass is 10.4. The zero-order valence-electron chi connectivity index (χ0n) is 6.91. The third kappa shape index (κ3) is 1.38. The van der Waals surface area contributed by atoms with Gasteiger partial charge < -0.3 is 9.55 Å². The van der Waals surface area contributed by atoms with Crippen molar-refractivity contribution in [2.45, 2.75) is 18.9 Å². The van der Waals surface area contributed by atoms with E-state index in [-0.39, 0.29) is 5.91 Å². The zero-order chi connectivity index (χ0) is 9.42. The first kappa shape index (κ1) is 8.46. The number of hydrazine groups is 1. The summed E-state index contributed by atoms with van der Waals surface area (Å²) >= 11 is 5.04. The van der Waals surface area contributed by atoms with E-state index in [2.05, 4.69) is 10.4 Å². The minimum absolute atomic E-state index is 0.306. The number of nitrogens with one attached hydrogen (secondary N) is 2. The number of imidazole rings is 1. The number of hydrogen-bond donors (Lipinski definition) is 3. The summed E-state index contributed by atoms with van der Waals surface area (Å²) in [6, 6.07) is 0.381. The Kier molecular flexibility index (Phi) is 1.93. The van der Waals surface area contributed by atoms with Crippen LogP contribution in [0.25, 0.3) is 0 Å². The van der Waals surface area contributed by atoms with Crippen LogP contribution in [0.1, 0.15) is 29.4 Å². The third-order valence-corrected chi connectivity index (χ3v) is 2.40. The second kappa shape index (κ2) is 2.97. The fraction of sp³-hybridized carbons (Fsp3) is 0.429. The van der Waals surface area contributed by atoms with Crippen molar-refractivity contribution in [1.29, 1.82) is 0 Å². The normalized spacial score (nSPS) is 15.8. The summed E-state index contributed by atoms with van der Waals surface area (Å²) in [5.74, 6) is 4.74. The summed E-state index contributed by atoms with van der Waals surface area (Å²) in [4.78, 5) is 14.1. The number of carbonyl (C=O) groups is 1. The molecule has 4 N–H and O–H groups in total. The van der Waals surface area contributed by atoms with Crippen molar-refractivity contribution in [3.05, 3.63) is 16.7 Å². The lowest BCUT2D eigenvalue weighted by molar-refractivity contribution is 0.0944. The first-order valence-corrected chi connectivity index (χ1v) is 4.45. The first-order chi connectivity index (χ1) is 6.24. The summed E-state index contributed by atoms with van der Waals surface area (Å²) in [5.41, 5.74) is 2.60. The van der Waals surface area contributed by atoms with E-state index in [9.17, 15) is 4.79 Å². The van der Waals surface area contributed by atoms with E-state index in [0.29, 0.717) is 16.5 Å². The Bertz CT molecular complexity index is 389. The summed E-state index contributed by atoms with van der Waals surface area (Å²) in [5, 5.41) is 0. The molecule has 0 aromatic carbocycles. The van der Waals surface area contributed by atoms with Crippen LogP contribution in [0.15, 0.2) is 6.20 Å². The molecule has 0 unspecified atom stereocenters. The minimum Gasteiger partial charge on any atom is -0.337 e. The van der Waals surface area contributed by atoms with Gasteiger partial charge in [-0.25, -0.2) is 5.84 Å². The molecule has 70 valence electrons. The van der Waals surface area contributed by atoms with Crippen molar-refractivity contribution in [1.82, 2.24) is 15.0 Å². The number of nitrogen functional groups attached to an aromatic ring is 1. The SMILES string of the molecule is NNC(=O)c1c[nH]c(=S)n1C1CC1. The van der Waals surface area contributed by atoms with E-state index >= 15 is 0 Å². The molecule has 1 aliphatic carbocycles. The maximum absolute atomic E-state index is 11.3. The largest absolute Gasteiger partial charge is 0.337 e. The monoisotopic (exact) mass is 198 g/mol. The van der Waals surface area contributed by atoms with E-state index < -0.39 is 0 Å². The number of aromatic amines is 1. The quantitative estimate of drug-likeness (QED) is 0.280. The molecule has 1 heterocycles. The van der Waals surface area contributed by atoms with E-state index in [1.807, 2.05) is 4.57 Å². The minimum atomic E-state index is -0.306. The second-order valence-electron chi connectivity index (χ2n) is 3.05. The molecular formula is C7H10N4OS. The van der Waals surface area contributed by atoms with Gasteiger partial charge in [0.05, 0.1) is 0 Å². The maximum Gasteiger partial charge on any atom is 0.283 e. The van der Waals surface area contributed by atoms with Gasteiger partial charge in [0, 0.05) is 12.2 Å². The fourth-order valence-corrected chi connectivity index (χ4v) is 1.63. The Morgan fingerprint density at radius 1 is 1.77 bits per heavy atom. The summed E-state index contributed by atoms with van der Waals surface area (Å²) in [6.45, 7) is 0. The van der Waals surface area contributed by atoms with Gasteiger partial charge in [-0.3, -0.25) is 10.2 Å². The van der Waals surface area contributed by atoms with Crippen molar-refractivity contribution in [2.24, 2.45) is 5.84 Å². The number of amides is 1. The average Bonchev–Trinajstić information content (AvgIpc) is 2.89. The third-order valence-electron chi connectivity index (χ3n) is 2.09. The highest BCUT2D eigenvalue weighted by Crippen LogP contribution is 2.36. The molecule has 1 aromatic rings. The van der Waals surface area contributed by atoms with Gasteiger partial charge in [-0.2, -0.15) is 0 Å². The number of H-pyrrole nitrogens is 1. The van der Waals surface area contributed by atoms with Crippen LogP contribution in [-0.2, 0) is 0 Å². The number of rotatable bonds is 2. The summed E-state index contributed by atoms with van der Waals surface area (Å²) < 4.78 is 2.40. The van der Waals surface area contributed by atoms with Crippen molar-refractivity contribution >= 4 is 18.1 Å². The Morgan fingerprint density at radius 3 is 3.00 bits per heavy atom. The van der Waals surface area contributed by atoms with E-state index in [4.69, 9.17) is 18.1 Å². The molecule has 1 fully saturated rings. The van der Waals surface area contributed by atoms with Crippen LogP contribution in [-0.4, -0.2) is 15.5 Å². The maximum atomic E-state index is 11.3. The number of hydrogen-bond acceptors (Lipinski definition) is 3. The van der Waals surface area contributed by atoms with Crippen LogP contribution in [0.5, 0.6) is 0 Å². The Morgan fingerprint density at radius 2 is 2.46 bits per heavy atom. The highest BCUT2D eigenvalue weighted by Gasteiger charge is 2.28. The standard InChI is InChI=1S/C7H10N4OS/c8-10-6(12)5-3-9-7(13)11(5)4-1-2-4/h3-4H,1-2,8H2,(H,9,13)(H,10,12). The first-order valence-electron chi connectivity index (χ1n) is 4.05. The zero-order valence-corrected chi connectivity index (χ0v) is 7.73. The Labute approximate surface area is 79.9 Å². The fourth-order valence-electron chi connectivity index (χ4n) is 1.32. The van der Waals surface area contributed by atoms with Crippen LogP contribution in [0, 0.1) is 4.77 Å². The molecule has 2 rings (SSSR count). The van der Waals surface area contributed by atoms with Crippen LogP contribution >= 0.6 is 12.2 Å². The summed E-state index contributed by atoms with van der Waals surface area (Å²) in [7, 11) is 0. The van der Waals surface area contributed by atoms with Gasteiger partial charge in [-0.15, -0.1) is 0 Å². The molecule has 0 atom stereocenters. The number of nitrogens with zero attached hydrogens (tertiary/aromatic N) is 1. The second-order valence-corrected chi connectivity index (χ2v) is 3.44. The molecule has 0 aliphatic heterocycles. The van der Waals surface area contributed by atoms with Crippen LogP contribution in [0.2, 0.25) is 0 Å². The van der Waals surface area contributed by atoms with Crippen molar-refractivity contribution in [2.75, 3.05) is 0 Å². The lowest BCUT2D eigenvalue weighted by Gasteiger charge is -2.03. The molecule has 0 saturated heterocycles. The molecule has 6 heteroatoms. The van der Waals surface area contributed by atoms with Gasteiger partial charge in [-0.05, 0) is 25.1 Å². The van der Waals surface area contributed by atoms with Crippen LogP contribution in [0.3, 0.4) is 0 Å². The molecule has 0 spiro atoms. The molecule has 5 nitrogen and oxygen atoms in total. The van der Waals surface area contributed by atoms with Crippen LogP contribution in [0.4, 0.5) is 0 Å². The molecule has 1 aliphatic rings. The van der Waals surface area contributed by atoms with E-state index in [0.717, 1.165) is 12.8 Å². The van der Waals surface area contributed by atoms with Crippen molar-refractivity contribution < 1.29 is 4.79 Å². The van der Waals surface area contributed by atoms with Gasteiger partial charge in [0.25, 0.3) is 5.91 Å². The highest BCUT2D eigenvalue weighted by molar-refractivity contribution is 7.71. The number of nitrogens with two attached hydrogens (primary N) is 1. The predicted octanol–water partition coefficient (Wildman–Crippen LogP) is 0.484. The molecule has 0 bridgehead atoms. The van der Waals surface area contributed by atoms with Gasteiger partial charge in [0.1, 0.15) is 5.69 Å². The van der Waals surface area contributed by atoms with Crippen molar-refractivity contribution in [3.63, 3.8) is 0 Å².